The molecule has 1 amide bonds. The summed E-state index contributed by atoms with van der Waals surface area (Å²) in [6, 6.07) is 3.70. The lowest BCUT2D eigenvalue weighted by Gasteiger charge is -2.00. The molecule has 0 aromatic carbocycles. The molecule has 0 saturated heterocycles. The van der Waals surface area contributed by atoms with Gasteiger partial charge in [0.05, 0.1) is 18.3 Å². The molecule has 0 aliphatic heterocycles. The average Bonchev–Trinajstić information content (AvgIpc) is 2.94. The summed E-state index contributed by atoms with van der Waals surface area (Å²) in [4.78, 5) is 23.2. The second-order valence-electron chi connectivity index (χ2n) is 4.18. The maximum absolute atomic E-state index is 10.7. The van der Waals surface area contributed by atoms with Crippen LogP contribution in [0.1, 0.15) is 9.75 Å². The molecule has 20 heavy (non-hydrogen) atoms. The predicted molar refractivity (Wildman–Crippen MR) is 74.4 cm³/mol. The lowest BCUT2D eigenvalue weighted by Crippen LogP contribution is -2.18. The first-order valence-electron chi connectivity index (χ1n) is 5.87. The van der Waals surface area contributed by atoms with Gasteiger partial charge >= 0.3 is 5.97 Å². The second kappa shape index (κ2) is 6.20. The highest BCUT2D eigenvalue weighted by Crippen LogP contribution is 2.18. The monoisotopic (exact) mass is 294 g/mol. The van der Waals surface area contributed by atoms with E-state index in [9.17, 15) is 9.59 Å². The van der Waals surface area contributed by atoms with Crippen LogP contribution in [-0.2, 0) is 29.1 Å². The zero-order valence-corrected chi connectivity index (χ0v) is 11.4. The van der Waals surface area contributed by atoms with E-state index in [4.69, 9.17) is 10.8 Å². The average molecular weight is 294 g/mol. The van der Waals surface area contributed by atoms with Crippen LogP contribution in [0.5, 0.6) is 0 Å². The molecule has 0 aliphatic carbocycles. The van der Waals surface area contributed by atoms with Crippen LogP contribution < -0.4 is 11.1 Å². The zero-order valence-electron chi connectivity index (χ0n) is 10.6. The van der Waals surface area contributed by atoms with Crippen molar-refractivity contribution in [3.8, 4) is 0 Å². The number of anilines is 1. The molecule has 8 heteroatoms. The summed E-state index contributed by atoms with van der Waals surface area (Å²) in [5.74, 6) is -1.28. The number of carbonyl (C=O) groups excluding carboxylic acids is 1. The molecule has 2 rings (SSSR count). The molecule has 2 heterocycles. The lowest BCUT2D eigenvalue weighted by molar-refractivity contribution is -0.136. The highest BCUT2D eigenvalue weighted by molar-refractivity contribution is 7.12. The number of carbonyl (C=O) groups is 2. The fraction of sp³-hybridized carbons (Fsp3) is 0.250. The van der Waals surface area contributed by atoms with Gasteiger partial charge in [0.15, 0.2) is 0 Å². The summed E-state index contributed by atoms with van der Waals surface area (Å²) in [7, 11) is 0. The van der Waals surface area contributed by atoms with Crippen molar-refractivity contribution < 1.29 is 14.7 Å². The molecule has 2 aromatic heterocycles. The van der Waals surface area contributed by atoms with Crippen molar-refractivity contribution in [1.82, 2.24) is 9.78 Å². The van der Waals surface area contributed by atoms with Crippen molar-refractivity contribution in [2.45, 2.75) is 19.5 Å². The Labute approximate surface area is 119 Å². The summed E-state index contributed by atoms with van der Waals surface area (Å²) < 4.78 is 1.45. The molecule has 0 spiro atoms. The van der Waals surface area contributed by atoms with Crippen LogP contribution in [0, 0.1) is 0 Å². The number of nitrogens with two attached hydrogens (primary N) is 1. The highest BCUT2D eigenvalue weighted by atomic mass is 32.1. The number of carboxylic acid groups (broad SMARTS) is 1. The number of aromatic nitrogens is 2. The molecule has 0 atom stereocenters. The van der Waals surface area contributed by atoms with Crippen molar-refractivity contribution in [3.63, 3.8) is 0 Å². The van der Waals surface area contributed by atoms with E-state index in [-0.39, 0.29) is 13.0 Å². The topological polar surface area (TPSA) is 110 Å². The Hall–Kier alpha value is -2.35. The molecular weight excluding hydrogens is 280 g/mol. The molecular formula is C12H14N4O3S. The third-order valence-electron chi connectivity index (χ3n) is 2.46. The Morgan fingerprint density at radius 3 is 2.85 bits per heavy atom. The van der Waals surface area contributed by atoms with Crippen LogP contribution in [-0.4, -0.2) is 26.8 Å². The quantitative estimate of drug-likeness (QED) is 0.695. The van der Waals surface area contributed by atoms with Gasteiger partial charge in [0, 0.05) is 22.5 Å². The zero-order chi connectivity index (χ0) is 14.5. The second-order valence-corrected chi connectivity index (χ2v) is 5.44. The third kappa shape index (κ3) is 4.09. The van der Waals surface area contributed by atoms with Crippen molar-refractivity contribution in [3.05, 3.63) is 34.3 Å². The van der Waals surface area contributed by atoms with Crippen molar-refractivity contribution in [2.75, 3.05) is 5.32 Å². The number of nitrogens with one attached hydrogen (secondary N) is 1. The minimum absolute atomic E-state index is 0.0429. The van der Waals surface area contributed by atoms with Gasteiger partial charge in [-0.15, -0.1) is 11.3 Å². The summed E-state index contributed by atoms with van der Waals surface area (Å²) in [5.41, 5.74) is 5.85. The van der Waals surface area contributed by atoms with Gasteiger partial charge in [0.25, 0.3) is 0 Å². The smallest absolute Gasteiger partial charge is 0.308 e. The van der Waals surface area contributed by atoms with Crippen LogP contribution in [0.3, 0.4) is 0 Å². The van der Waals surface area contributed by atoms with Crippen molar-refractivity contribution in [1.29, 1.82) is 0 Å². The minimum Gasteiger partial charge on any atom is -0.481 e. The number of nitrogens with zero attached hydrogens (tertiary/aromatic N) is 2. The lowest BCUT2D eigenvalue weighted by atomic mass is 10.3. The number of primary amides is 1. The van der Waals surface area contributed by atoms with Gasteiger partial charge in [0.1, 0.15) is 6.54 Å². The van der Waals surface area contributed by atoms with Crippen molar-refractivity contribution in [2.24, 2.45) is 5.73 Å². The van der Waals surface area contributed by atoms with E-state index < -0.39 is 11.9 Å². The Kier molecular flexibility index (Phi) is 4.36. The fourth-order valence-corrected chi connectivity index (χ4v) is 2.60. The molecule has 0 bridgehead atoms. The first kappa shape index (κ1) is 14.1. The van der Waals surface area contributed by atoms with E-state index in [1.165, 1.54) is 16.0 Å². The normalized spacial score (nSPS) is 10.4. The molecule has 7 nitrogen and oxygen atoms in total. The van der Waals surface area contributed by atoms with E-state index >= 15 is 0 Å². The molecule has 0 aliphatic rings. The van der Waals surface area contributed by atoms with Gasteiger partial charge < -0.3 is 16.2 Å². The van der Waals surface area contributed by atoms with E-state index in [1.807, 2.05) is 12.1 Å². The van der Waals surface area contributed by atoms with E-state index in [2.05, 4.69) is 10.4 Å². The minimum atomic E-state index is -0.834. The van der Waals surface area contributed by atoms with Crippen molar-refractivity contribution >= 4 is 28.9 Å². The number of amides is 1. The Morgan fingerprint density at radius 1 is 1.40 bits per heavy atom. The molecule has 0 saturated carbocycles. The van der Waals surface area contributed by atoms with Gasteiger partial charge in [-0.25, -0.2) is 0 Å². The Bertz CT molecular complexity index is 566. The maximum atomic E-state index is 10.7. The van der Waals surface area contributed by atoms with Gasteiger partial charge in [-0.1, -0.05) is 0 Å². The van der Waals surface area contributed by atoms with Gasteiger partial charge in [-0.2, -0.15) is 5.10 Å². The van der Waals surface area contributed by atoms with Gasteiger partial charge in [-0.3, -0.25) is 14.3 Å². The fourth-order valence-electron chi connectivity index (χ4n) is 1.65. The maximum Gasteiger partial charge on any atom is 0.308 e. The molecule has 0 fully saturated rings. The summed E-state index contributed by atoms with van der Waals surface area (Å²) in [6.07, 6.45) is 3.34. The first-order chi connectivity index (χ1) is 9.52. The van der Waals surface area contributed by atoms with Gasteiger partial charge in [0.2, 0.25) is 5.91 Å². The third-order valence-corrected chi connectivity index (χ3v) is 3.55. The number of hydrogen-bond donors (Lipinski definition) is 3. The molecule has 4 N–H and O–H groups in total. The predicted octanol–water partition coefficient (Wildman–Crippen LogP) is 0.669. The number of rotatable bonds is 7. The summed E-state index contributed by atoms with van der Waals surface area (Å²) in [6.45, 7) is 0.621. The number of hydrogen-bond acceptors (Lipinski definition) is 5. The molecule has 2 aromatic rings. The van der Waals surface area contributed by atoms with Crippen LogP contribution in [0.15, 0.2) is 24.5 Å². The Balaban J connectivity index is 1.88. The van der Waals surface area contributed by atoms with Gasteiger partial charge in [-0.05, 0) is 12.1 Å². The number of aliphatic carboxylic acids is 1. The van der Waals surface area contributed by atoms with Crippen LogP contribution >= 0.6 is 11.3 Å². The first-order valence-corrected chi connectivity index (χ1v) is 6.68. The van der Waals surface area contributed by atoms with E-state index in [0.29, 0.717) is 6.54 Å². The SMILES string of the molecule is NC(=O)Cn1cc(NCc2ccc(CC(=O)O)s2)cn1. The molecule has 106 valence electrons. The summed E-state index contributed by atoms with van der Waals surface area (Å²) >= 11 is 1.45. The standard InChI is InChI=1S/C12H14N4O3S/c13-11(17)7-16-6-8(4-15-16)14-5-10-2-1-9(20-10)3-12(18)19/h1-2,4,6,14H,3,5,7H2,(H2,13,17)(H,18,19). The Morgan fingerprint density at radius 2 is 2.15 bits per heavy atom. The highest BCUT2D eigenvalue weighted by Gasteiger charge is 2.05. The number of carboxylic acids is 1. The molecule has 0 radical (unpaired) electrons. The van der Waals surface area contributed by atoms with E-state index in [0.717, 1.165) is 15.4 Å². The number of thiophene rings is 1. The summed E-state index contributed by atoms with van der Waals surface area (Å²) in [5, 5.41) is 15.8. The van der Waals surface area contributed by atoms with Crippen LogP contribution in [0.2, 0.25) is 0 Å². The van der Waals surface area contributed by atoms with E-state index in [1.54, 1.807) is 12.4 Å². The molecule has 0 unspecified atom stereocenters. The van der Waals surface area contributed by atoms with Crippen LogP contribution in [0.4, 0.5) is 5.69 Å². The van der Waals surface area contributed by atoms with Crippen LogP contribution in [0.25, 0.3) is 0 Å². The largest absolute Gasteiger partial charge is 0.481 e.